The number of methoxy groups -OCH3 is 1. The van der Waals surface area contributed by atoms with Gasteiger partial charge >= 0.3 is 0 Å². The van der Waals surface area contributed by atoms with Gasteiger partial charge in [0.15, 0.2) is 0 Å². The molecular formula is C23H34N2O3. The molecule has 3 fully saturated rings. The minimum atomic E-state index is -0.324. The van der Waals surface area contributed by atoms with Crippen LogP contribution in [-0.4, -0.2) is 66.8 Å². The van der Waals surface area contributed by atoms with Crippen LogP contribution in [0.25, 0.3) is 0 Å². The molecule has 1 saturated carbocycles. The fourth-order valence-corrected chi connectivity index (χ4v) is 5.59. The maximum atomic E-state index is 13.3. The molecule has 1 spiro atoms. The van der Waals surface area contributed by atoms with Crippen LogP contribution in [0.5, 0.6) is 0 Å². The van der Waals surface area contributed by atoms with Crippen molar-refractivity contribution in [1.29, 1.82) is 0 Å². The number of carbonyl (C=O) groups is 1. The highest BCUT2D eigenvalue weighted by Gasteiger charge is 2.51. The molecule has 154 valence electrons. The molecule has 1 amide bonds. The van der Waals surface area contributed by atoms with Crippen molar-refractivity contribution in [3.8, 4) is 0 Å². The molecule has 3 aliphatic rings. The number of rotatable bonds is 5. The molecule has 0 radical (unpaired) electrons. The molecule has 2 atom stereocenters. The van der Waals surface area contributed by atoms with Crippen LogP contribution in [-0.2, 0) is 16.1 Å². The van der Waals surface area contributed by atoms with Gasteiger partial charge in [0.25, 0.3) is 0 Å². The quantitative estimate of drug-likeness (QED) is 0.845. The summed E-state index contributed by atoms with van der Waals surface area (Å²) >= 11 is 0. The van der Waals surface area contributed by atoms with Crippen LogP contribution in [0.15, 0.2) is 30.3 Å². The topological polar surface area (TPSA) is 53.0 Å². The first-order valence-corrected chi connectivity index (χ1v) is 10.8. The summed E-state index contributed by atoms with van der Waals surface area (Å²) in [5.74, 6) is 0.257. The summed E-state index contributed by atoms with van der Waals surface area (Å²) in [5.41, 5.74) is 0.807. The van der Waals surface area contributed by atoms with Crippen molar-refractivity contribution < 1.29 is 14.6 Å². The molecule has 4 rings (SSSR count). The van der Waals surface area contributed by atoms with E-state index in [4.69, 9.17) is 4.74 Å². The summed E-state index contributed by atoms with van der Waals surface area (Å²) in [5, 5.41) is 11.0. The number of benzene rings is 1. The molecule has 1 aromatic rings. The second-order valence-corrected chi connectivity index (χ2v) is 9.26. The predicted molar refractivity (Wildman–Crippen MR) is 109 cm³/mol. The average Bonchev–Trinajstić information content (AvgIpc) is 2.68. The van der Waals surface area contributed by atoms with Gasteiger partial charge in [0.2, 0.25) is 5.91 Å². The van der Waals surface area contributed by atoms with Crippen molar-refractivity contribution in [2.24, 2.45) is 10.8 Å². The molecule has 5 nitrogen and oxygen atoms in total. The molecule has 0 unspecified atom stereocenters. The highest BCUT2D eigenvalue weighted by molar-refractivity contribution is 5.84. The maximum absolute atomic E-state index is 13.3. The van der Waals surface area contributed by atoms with E-state index in [0.29, 0.717) is 13.2 Å². The van der Waals surface area contributed by atoms with Gasteiger partial charge in [-0.1, -0.05) is 36.8 Å². The fraction of sp³-hybridized carbons (Fsp3) is 0.696. The number of piperidine rings is 2. The minimum absolute atomic E-state index is 0.195. The third-order valence-corrected chi connectivity index (χ3v) is 7.29. The van der Waals surface area contributed by atoms with Gasteiger partial charge in [-0.05, 0) is 37.7 Å². The zero-order chi connectivity index (χ0) is 19.6. The van der Waals surface area contributed by atoms with Gasteiger partial charge in [0, 0.05) is 45.2 Å². The Labute approximate surface area is 168 Å². The number of aliphatic hydroxyl groups excluding tert-OH is 1. The lowest BCUT2D eigenvalue weighted by Gasteiger charge is -2.53. The molecule has 2 heterocycles. The number of ether oxygens (including phenoxy) is 1. The highest BCUT2D eigenvalue weighted by Crippen LogP contribution is 2.45. The fourth-order valence-electron chi connectivity index (χ4n) is 5.59. The Morgan fingerprint density at radius 2 is 1.93 bits per heavy atom. The SMILES string of the molecule is COCC1(C(=O)N2CCC[C@@]3(CN(Cc4ccccc4)CC[C@H]3O)C2)CCC1. The normalized spacial score (nSPS) is 30.2. The van der Waals surface area contributed by atoms with E-state index in [2.05, 4.69) is 34.1 Å². The van der Waals surface area contributed by atoms with Crippen molar-refractivity contribution >= 4 is 5.91 Å². The third-order valence-electron chi connectivity index (χ3n) is 7.29. The van der Waals surface area contributed by atoms with E-state index in [1.54, 1.807) is 7.11 Å². The first-order valence-electron chi connectivity index (χ1n) is 10.8. The Hall–Kier alpha value is -1.43. The highest BCUT2D eigenvalue weighted by atomic mass is 16.5. The van der Waals surface area contributed by atoms with E-state index in [-0.39, 0.29) is 22.8 Å². The van der Waals surface area contributed by atoms with Gasteiger partial charge in [-0.15, -0.1) is 0 Å². The smallest absolute Gasteiger partial charge is 0.231 e. The van der Waals surface area contributed by atoms with E-state index >= 15 is 0 Å². The zero-order valence-electron chi connectivity index (χ0n) is 17.1. The van der Waals surface area contributed by atoms with Crippen molar-refractivity contribution in [3.63, 3.8) is 0 Å². The average molecular weight is 387 g/mol. The number of amides is 1. The molecule has 0 aromatic heterocycles. The standard InChI is InChI=1S/C23H34N2O3/c1-28-18-22(10-5-11-22)21(27)25-13-6-12-23(17-25)16-24(14-9-20(23)26)15-19-7-3-2-4-8-19/h2-4,7-8,20,26H,5-6,9-18H2,1H3/t20-,23-/m1/s1. The lowest BCUT2D eigenvalue weighted by atomic mass is 9.66. The molecule has 2 saturated heterocycles. The number of carbonyl (C=O) groups excluding carboxylic acids is 1. The van der Waals surface area contributed by atoms with Crippen LogP contribution in [0.2, 0.25) is 0 Å². The van der Waals surface area contributed by atoms with E-state index < -0.39 is 0 Å². The van der Waals surface area contributed by atoms with E-state index in [0.717, 1.165) is 64.7 Å². The van der Waals surface area contributed by atoms with E-state index in [9.17, 15) is 9.90 Å². The molecular weight excluding hydrogens is 352 g/mol. The molecule has 1 aliphatic carbocycles. The van der Waals surface area contributed by atoms with Crippen LogP contribution < -0.4 is 0 Å². The van der Waals surface area contributed by atoms with Crippen LogP contribution in [0.3, 0.4) is 0 Å². The second-order valence-electron chi connectivity index (χ2n) is 9.26. The lowest BCUT2D eigenvalue weighted by Crippen LogP contribution is -2.62. The van der Waals surface area contributed by atoms with Crippen LogP contribution in [0.4, 0.5) is 0 Å². The summed E-state index contributed by atoms with van der Waals surface area (Å²) in [6, 6.07) is 10.5. The number of aliphatic hydroxyl groups is 1. The second kappa shape index (κ2) is 8.13. The van der Waals surface area contributed by atoms with E-state index in [1.165, 1.54) is 5.56 Å². The van der Waals surface area contributed by atoms with Crippen molar-refractivity contribution in [1.82, 2.24) is 9.80 Å². The maximum Gasteiger partial charge on any atom is 0.231 e. The molecule has 1 aromatic carbocycles. The molecule has 0 bridgehead atoms. The summed E-state index contributed by atoms with van der Waals surface area (Å²) in [7, 11) is 1.69. The Balaban J connectivity index is 1.47. The molecule has 1 N–H and O–H groups in total. The van der Waals surface area contributed by atoms with Gasteiger partial charge < -0.3 is 14.7 Å². The Bertz CT molecular complexity index is 676. The Morgan fingerprint density at radius 3 is 2.61 bits per heavy atom. The number of nitrogens with zero attached hydrogens (tertiary/aromatic N) is 2. The predicted octanol–water partition coefficient (Wildman–Crippen LogP) is 2.68. The van der Waals surface area contributed by atoms with Crippen molar-refractivity contribution in [2.45, 2.75) is 51.2 Å². The Morgan fingerprint density at radius 1 is 1.14 bits per heavy atom. The summed E-state index contributed by atoms with van der Waals surface area (Å²) in [6.07, 6.45) is 5.43. The Kier molecular flexibility index (Phi) is 5.77. The third kappa shape index (κ3) is 3.72. The summed E-state index contributed by atoms with van der Waals surface area (Å²) in [4.78, 5) is 17.9. The largest absolute Gasteiger partial charge is 0.392 e. The van der Waals surface area contributed by atoms with Crippen molar-refractivity contribution in [3.05, 3.63) is 35.9 Å². The number of likely N-dealkylation sites (tertiary alicyclic amines) is 2. The van der Waals surface area contributed by atoms with Crippen LogP contribution >= 0.6 is 0 Å². The van der Waals surface area contributed by atoms with Crippen LogP contribution in [0.1, 0.15) is 44.1 Å². The lowest BCUT2D eigenvalue weighted by molar-refractivity contribution is -0.161. The van der Waals surface area contributed by atoms with Gasteiger partial charge in [-0.2, -0.15) is 0 Å². The molecule has 2 aliphatic heterocycles. The number of hydrogen-bond donors (Lipinski definition) is 1. The molecule has 5 heteroatoms. The van der Waals surface area contributed by atoms with Gasteiger partial charge in [0.1, 0.15) is 0 Å². The van der Waals surface area contributed by atoms with Crippen molar-refractivity contribution in [2.75, 3.05) is 39.9 Å². The summed E-state index contributed by atoms with van der Waals surface area (Å²) < 4.78 is 5.40. The molecule has 28 heavy (non-hydrogen) atoms. The summed E-state index contributed by atoms with van der Waals surface area (Å²) in [6.45, 7) is 4.72. The van der Waals surface area contributed by atoms with Gasteiger partial charge in [-0.25, -0.2) is 0 Å². The monoisotopic (exact) mass is 386 g/mol. The van der Waals surface area contributed by atoms with Gasteiger partial charge in [0.05, 0.1) is 18.1 Å². The first kappa shape index (κ1) is 19.9. The first-order chi connectivity index (χ1) is 13.6. The van der Waals surface area contributed by atoms with E-state index in [1.807, 2.05) is 6.07 Å². The number of hydrogen-bond acceptors (Lipinski definition) is 4. The van der Waals surface area contributed by atoms with Gasteiger partial charge in [-0.3, -0.25) is 9.69 Å². The van der Waals surface area contributed by atoms with Crippen LogP contribution in [0, 0.1) is 10.8 Å². The zero-order valence-corrected chi connectivity index (χ0v) is 17.1. The minimum Gasteiger partial charge on any atom is -0.392 e.